The topological polar surface area (TPSA) is 94.5 Å². The number of nitrogens with one attached hydrogen (secondary N) is 2. The van der Waals surface area contributed by atoms with Gasteiger partial charge in [-0.3, -0.25) is 14.3 Å². The largest absolute Gasteiger partial charge is 0.497 e. The van der Waals surface area contributed by atoms with Crippen molar-refractivity contribution in [3.05, 3.63) is 72.1 Å². The van der Waals surface area contributed by atoms with Crippen molar-refractivity contribution < 1.29 is 19.1 Å². The Balaban J connectivity index is 1.72. The van der Waals surface area contributed by atoms with E-state index < -0.39 is 6.04 Å². The maximum absolute atomic E-state index is 13.0. The summed E-state index contributed by atoms with van der Waals surface area (Å²) in [5, 5.41) is 9.95. The molecule has 0 aliphatic heterocycles. The van der Waals surface area contributed by atoms with Gasteiger partial charge in [0.15, 0.2) is 0 Å². The van der Waals surface area contributed by atoms with Gasteiger partial charge in [0.25, 0.3) is 5.91 Å². The number of hydrogen-bond acceptors (Lipinski definition) is 5. The minimum atomic E-state index is -0.727. The first-order valence-electron chi connectivity index (χ1n) is 10.3. The second-order valence-corrected chi connectivity index (χ2v) is 7.69. The fraction of sp³-hybridized carbons (Fsp3) is 0.292. The van der Waals surface area contributed by atoms with Crippen LogP contribution < -0.4 is 20.1 Å². The highest BCUT2D eigenvalue weighted by molar-refractivity contribution is 6.01. The molecular formula is C24H28N4O4. The van der Waals surface area contributed by atoms with Gasteiger partial charge in [-0.05, 0) is 41.8 Å². The number of carbonyl (C=O) groups is 2. The Morgan fingerprint density at radius 2 is 1.75 bits per heavy atom. The summed E-state index contributed by atoms with van der Waals surface area (Å²) in [5.41, 5.74) is 2.00. The van der Waals surface area contributed by atoms with Crippen LogP contribution in [0.4, 0.5) is 5.69 Å². The number of ether oxygens (including phenoxy) is 2. The fourth-order valence-corrected chi connectivity index (χ4v) is 3.25. The molecule has 2 aromatic carbocycles. The van der Waals surface area contributed by atoms with E-state index in [0.717, 1.165) is 5.56 Å². The smallest absolute Gasteiger partial charge is 0.252 e. The van der Waals surface area contributed by atoms with E-state index in [9.17, 15) is 9.59 Å². The molecule has 2 amide bonds. The third kappa shape index (κ3) is 5.87. The van der Waals surface area contributed by atoms with Crippen molar-refractivity contribution in [1.29, 1.82) is 0 Å². The zero-order valence-electron chi connectivity index (χ0n) is 18.7. The van der Waals surface area contributed by atoms with Crippen LogP contribution in [-0.2, 0) is 11.3 Å². The van der Waals surface area contributed by atoms with E-state index in [0.29, 0.717) is 29.3 Å². The molecule has 0 fully saturated rings. The SMILES string of the molecule is COc1cc(OC)cc(C(=O)NC(C(=O)Nc2cccc(Cn3cccn3)c2)C(C)C)c1. The van der Waals surface area contributed by atoms with Gasteiger partial charge in [0.2, 0.25) is 5.91 Å². The number of hydrogen-bond donors (Lipinski definition) is 2. The molecule has 1 atom stereocenters. The number of anilines is 1. The van der Waals surface area contributed by atoms with Gasteiger partial charge in [0, 0.05) is 29.7 Å². The third-order valence-electron chi connectivity index (χ3n) is 4.95. The maximum Gasteiger partial charge on any atom is 0.252 e. The van der Waals surface area contributed by atoms with Crippen molar-refractivity contribution in [2.45, 2.75) is 26.4 Å². The molecule has 8 nitrogen and oxygen atoms in total. The highest BCUT2D eigenvalue weighted by Gasteiger charge is 2.25. The van der Waals surface area contributed by atoms with E-state index in [2.05, 4.69) is 15.7 Å². The van der Waals surface area contributed by atoms with Gasteiger partial charge in [-0.25, -0.2) is 0 Å². The molecule has 0 aliphatic rings. The van der Waals surface area contributed by atoms with Gasteiger partial charge >= 0.3 is 0 Å². The molecule has 3 aromatic rings. The first kappa shape index (κ1) is 22.9. The molecule has 0 saturated heterocycles. The van der Waals surface area contributed by atoms with Crippen LogP contribution in [0.2, 0.25) is 0 Å². The summed E-state index contributed by atoms with van der Waals surface area (Å²) in [6, 6.07) is 13.6. The normalized spacial score (nSPS) is 11.7. The first-order valence-corrected chi connectivity index (χ1v) is 10.3. The molecule has 8 heteroatoms. The number of aromatic nitrogens is 2. The lowest BCUT2D eigenvalue weighted by Crippen LogP contribution is -2.47. The number of nitrogens with zero attached hydrogens (tertiary/aromatic N) is 2. The minimum Gasteiger partial charge on any atom is -0.497 e. The summed E-state index contributed by atoms with van der Waals surface area (Å²) in [6.07, 6.45) is 3.60. The zero-order chi connectivity index (χ0) is 23.1. The summed E-state index contributed by atoms with van der Waals surface area (Å²) in [5.74, 6) is 0.185. The lowest BCUT2D eigenvalue weighted by Gasteiger charge is -2.22. The Kier molecular flexibility index (Phi) is 7.49. The van der Waals surface area contributed by atoms with Gasteiger partial charge in [-0.2, -0.15) is 5.10 Å². The molecule has 1 unspecified atom stereocenters. The van der Waals surface area contributed by atoms with Crippen LogP contribution >= 0.6 is 0 Å². The van der Waals surface area contributed by atoms with E-state index in [-0.39, 0.29) is 17.7 Å². The quantitative estimate of drug-likeness (QED) is 0.537. The van der Waals surface area contributed by atoms with Crippen molar-refractivity contribution in [3.8, 4) is 11.5 Å². The van der Waals surface area contributed by atoms with Crippen LogP contribution in [0, 0.1) is 5.92 Å². The lowest BCUT2D eigenvalue weighted by atomic mass is 10.0. The highest BCUT2D eigenvalue weighted by atomic mass is 16.5. The van der Waals surface area contributed by atoms with Crippen LogP contribution in [0.25, 0.3) is 0 Å². The third-order valence-corrected chi connectivity index (χ3v) is 4.95. The minimum absolute atomic E-state index is 0.126. The second-order valence-electron chi connectivity index (χ2n) is 7.69. The predicted molar refractivity (Wildman–Crippen MR) is 122 cm³/mol. The van der Waals surface area contributed by atoms with E-state index in [4.69, 9.17) is 9.47 Å². The molecule has 0 saturated carbocycles. The van der Waals surface area contributed by atoms with E-state index in [1.807, 2.05) is 50.4 Å². The van der Waals surface area contributed by atoms with Gasteiger partial charge in [0.1, 0.15) is 17.5 Å². The summed E-state index contributed by atoms with van der Waals surface area (Å²) in [4.78, 5) is 25.9. The molecule has 0 bridgehead atoms. The molecule has 1 aromatic heterocycles. The molecule has 1 heterocycles. The number of benzene rings is 2. The average molecular weight is 437 g/mol. The van der Waals surface area contributed by atoms with E-state index in [1.54, 1.807) is 29.1 Å². The van der Waals surface area contributed by atoms with Crippen molar-refractivity contribution in [1.82, 2.24) is 15.1 Å². The highest BCUT2D eigenvalue weighted by Crippen LogP contribution is 2.23. The molecular weight excluding hydrogens is 408 g/mol. The number of amides is 2. The first-order chi connectivity index (χ1) is 15.4. The van der Waals surface area contributed by atoms with Crippen molar-refractivity contribution in [3.63, 3.8) is 0 Å². The Morgan fingerprint density at radius 1 is 1.03 bits per heavy atom. The zero-order valence-corrected chi connectivity index (χ0v) is 18.7. The van der Waals surface area contributed by atoms with Crippen LogP contribution in [0.5, 0.6) is 11.5 Å². The van der Waals surface area contributed by atoms with Gasteiger partial charge in [-0.1, -0.05) is 26.0 Å². The Bertz CT molecular complexity index is 1040. The summed E-state index contributed by atoms with van der Waals surface area (Å²) in [7, 11) is 3.03. The molecule has 2 N–H and O–H groups in total. The Morgan fingerprint density at radius 3 is 2.34 bits per heavy atom. The molecule has 0 aliphatic carbocycles. The van der Waals surface area contributed by atoms with Crippen LogP contribution in [-0.4, -0.2) is 41.9 Å². The van der Waals surface area contributed by atoms with Crippen molar-refractivity contribution in [2.75, 3.05) is 19.5 Å². The summed E-state index contributed by atoms with van der Waals surface area (Å²) < 4.78 is 12.3. The Labute approximate surface area is 187 Å². The summed E-state index contributed by atoms with van der Waals surface area (Å²) >= 11 is 0. The number of carbonyl (C=O) groups excluding carboxylic acids is 2. The number of rotatable bonds is 9. The Hall–Kier alpha value is -3.81. The molecule has 0 radical (unpaired) electrons. The van der Waals surface area contributed by atoms with Crippen molar-refractivity contribution in [2.24, 2.45) is 5.92 Å². The van der Waals surface area contributed by atoms with Gasteiger partial charge in [0.05, 0.1) is 20.8 Å². The van der Waals surface area contributed by atoms with Crippen LogP contribution in [0.1, 0.15) is 29.8 Å². The van der Waals surface area contributed by atoms with Crippen LogP contribution in [0.15, 0.2) is 60.9 Å². The monoisotopic (exact) mass is 436 g/mol. The van der Waals surface area contributed by atoms with Gasteiger partial charge < -0.3 is 20.1 Å². The fourth-order valence-electron chi connectivity index (χ4n) is 3.25. The number of methoxy groups -OCH3 is 2. The molecule has 0 spiro atoms. The van der Waals surface area contributed by atoms with Crippen LogP contribution in [0.3, 0.4) is 0 Å². The lowest BCUT2D eigenvalue weighted by molar-refractivity contribution is -0.118. The maximum atomic E-state index is 13.0. The summed E-state index contributed by atoms with van der Waals surface area (Å²) in [6.45, 7) is 4.36. The second kappa shape index (κ2) is 10.5. The molecule has 32 heavy (non-hydrogen) atoms. The van der Waals surface area contributed by atoms with Gasteiger partial charge in [-0.15, -0.1) is 0 Å². The molecule has 168 valence electrons. The van der Waals surface area contributed by atoms with E-state index >= 15 is 0 Å². The van der Waals surface area contributed by atoms with Crippen molar-refractivity contribution >= 4 is 17.5 Å². The molecule has 3 rings (SSSR count). The average Bonchev–Trinajstić information content (AvgIpc) is 3.29. The van der Waals surface area contributed by atoms with E-state index in [1.165, 1.54) is 14.2 Å². The predicted octanol–water partition coefficient (Wildman–Crippen LogP) is 3.34. The standard InChI is InChI=1S/C24H28N4O4/c1-16(2)22(27-23(29)18-12-20(31-3)14-21(13-18)32-4)24(30)26-19-8-5-7-17(11-19)15-28-10-6-9-25-28/h5-14,16,22H,15H2,1-4H3,(H,26,30)(H,27,29).